The molecule has 1 fully saturated rings. The van der Waals surface area contributed by atoms with Crippen LogP contribution in [0, 0.1) is 5.82 Å². The number of hydrogen-bond acceptors (Lipinski definition) is 3. The van der Waals surface area contributed by atoms with E-state index in [0.29, 0.717) is 0 Å². The zero-order valence-electron chi connectivity index (χ0n) is 8.82. The molecule has 1 aromatic rings. The molecule has 0 amide bonds. The van der Waals surface area contributed by atoms with E-state index >= 15 is 0 Å². The van der Waals surface area contributed by atoms with Gasteiger partial charge in [-0.25, -0.2) is 4.39 Å². The fraction of sp³-hybridized carbons (Fsp3) is 0.455. The first-order chi connectivity index (χ1) is 7.29. The first-order valence-corrected chi connectivity index (χ1v) is 5.09. The number of piperazine rings is 1. The number of hydroxylamine groups is 2. The van der Waals surface area contributed by atoms with Gasteiger partial charge < -0.3 is 9.74 Å². The van der Waals surface area contributed by atoms with Gasteiger partial charge in [-0.15, -0.1) is 0 Å². The highest BCUT2D eigenvalue weighted by Gasteiger charge is 2.16. The number of halogens is 1. The Bertz CT molecular complexity index is 307. The first kappa shape index (κ1) is 10.4. The van der Waals surface area contributed by atoms with E-state index in [1.54, 1.807) is 7.11 Å². The molecule has 0 aromatic heterocycles. The van der Waals surface area contributed by atoms with Gasteiger partial charge in [-0.3, -0.25) is 0 Å². The second-order valence-corrected chi connectivity index (χ2v) is 3.58. The van der Waals surface area contributed by atoms with E-state index in [0.717, 1.165) is 31.9 Å². The van der Waals surface area contributed by atoms with E-state index < -0.39 is 0 Å². The van der Waals surface area contributed by atoms with Gasteiger partial charge in [-0.2, -0.15) is 5.06 Å². The van der Waals surface area contributed by atoms with Gasteiger partial charge in [0.2, 0.25) is 0 Å². The molecule has 0 bridgehead atoms. The van der Waals surface area contributed by atoms with Gasteiger partial charge in [0, 0.05) is 31.9 Å². The minimum atomic E-state index is -0.186. The zero-order valence-corrected chi connectivity index (χ0v) is 8.82. The molecular formula is C11H15FN2O. The summed E-state index contributed by atoms with van der Waals surface area (Å²) in [6, 6.07) is 6.63. The topological polar surface area (TPSA) is 15.7 Å². The van der Waals surface area contributed by atoms with Crippen molar-refractivity contribution in [1.82, 2.24) is 5.06 Å². The molecule has 0 saturated carbocycles. The summed E-state index contributed by atoms with van der Waals surface area (Å²) in [5.74, 6) is -0.186. The molecule has 82 valence electrons. The smallest absolute Gasteiger partial charge is 0.123 e. The Labute approximate surface area is 89.0 Å². The number of nitrogens with zero attached hydrogens (tertiary/aromatic N) is 2. The summed E-state index contributed by atoms with van der Waals surface area (Å²) < 4.78 is 12.7. The van der Waals surface area contributed by atoms with Crippen LogP contribution in [0.2, 0.25) is 0 Å². The molecule has 0 spiro atoms. The number of hydrogen-bond donors (Lipinski definition) is 0. The highest BCUT2D eigenvalue weighted by molar-refractivity contribution is 5.46. The van der Waals surface area contributed by atoms with E-state index in [9.17, 15) is 4.39 Å². The number of anilines is 1. The van der Waals surface area contributed by atoms with E-state index in [-0.39, 0.29) is 5.82 Å². The fourth-order valence-electron chi connectivity index (χ4n) is 1.78. The predicted octanol–water partition coefficient (Wildman–Crippen LogP) is 1.51. The maximum absolute atomic E-state index is 12.7. The minimum Gasteiger partial charge on any atom is -0.369 e. The Morgan fingerprint density at radius 2 is 1.67 bits per heavy atom. The Kier molecular flexibility index (Phi) is 3.18. The van der Waals surface area contributed by atoms with Crippen LogP contribution in [0.1, 0.15) is 0 Å². The Hall–Kier alpha value is -1.13. The molecule has 0 unspecified atom stereocenters. The van der Waals surface area contributed by atoms with Crippen molar-refractivity contribution >= 4 is 5.69 Å². The van der Waals surface area contributed by atoms with E-state index in [1.165, 1.54) is 12.1 Å². The summed E-state index contributed by atoms with van der Waals surface area (Å²) in [4.78, 5) is 7.37. The summed E-state index contributed by atoms with van der Waals surface area (Å²) in [6.07, 6.45) is 0. The minimum absolute atomic E-state index is 0.186. The van der Waals surface area contributed by atoms with Crippen LogP contribution in [0.25, 0.3) is 0 Å². The molecule has 1 aliphatic heterocycles. The quantitative estimate of drug-likeness (QED) is 0.736. The van der Waals surface area contributed by atoms with E-state index in [1.807, 2.05) is 17.2 Å². The normalized spacial score (nSPS) is 18.1. The lowest BCUT2D eigenvalue weighted by molar-refractivity contribution is -0.133. The van der Waals surface area contributed by atoms with Crippen LogP contribution in [-0.2, 0) is 4.84 Å². The predicted molar refractivity (Wildman–Crippen MR) is 57.2 cm³/mol. The molecule has 3 nitrogen and oxygen atoms in total. The van der Waals surface area contributed by atoms with E-state index in [4.69, 9.17) is 4.84 Å². The van der Waals surface area contributed by atoms with Crippen LogP contribution >= 0.6 is 0 Å². The van der Waals surface area contributed by atoms with Crippen molar-refractivity contribution in [1.29, 1.82) is 0 Å². The average molecular weight is 210 g/mol. The highest BCUT2D eigenvalue weighted by atomic mass is 19.1. The molecule has 15 heavy (non-hydrogen) atoms. The molecule has 4 heteroatoms. The van der Waals surface area contributed by atoms with Crippen LogP contribution in [0.5, 0.6) is 0 Å². The molecule has 0 aliphatic carbocycles. The maximum atomic E-state index is 12.7. The lowest BCUT2D eigenvalue weighted by Gasteiger charge is -2.34. The molecule has 1 aliphatic rings. The molecule has 1 heterocycles. The lowest BCUT2D eigenvalue weighted by Crippen LogP contribution is -2.45. The van der Waals surface area contributed by atoms with Gasteiger partial charge in [0.25, 0.3) is 0 Å². The Morgan fingerprint density at radius 3 is 2.20 bits per heavy atom. The van der Waals surface area contributed by atoms with Gasteiger partial charge >= 0.3 is 0 Å². The molecule has 1 saturated heterocycles. The first-order valence-electron chi connectivity index (χ1n) is 5.09. The third-order valence-corrected chi connectivity index (χ3v) is 2.69. The largest absolute Gasteiger partial charge is 0.369 e. The van der Waals surface area contributed by atoms with Crippen LogP contribution in [0.4, 0.5) is 10.1 Å². The summed E-state index contributed by atoms with van der Waals surface area (Å²) in [7, 11) is 1.69. The average Bonchev–Trinajstić information content (AvgIpc) is 2.30. The summed E-state index contributed by atoms with van der Waals surface area (Å²) in [5.41, 5.74) is 1.08. The zero-order chi connectivity index (χ0) is 10.7. The van der Waals surface area contributed by atoms with Crippen molar-refractivity contribution in [2.45, 2.75) is 0 Å². The van der Waals surface area contributed by atoms with Crippen LogP contribution in [-0.4, -0.2) is 38.4 Å². The van der Waals surface area contributed by atoms with Gasteiger partial charge in [0.15, 0.2) is 0 Å². The van der Waals surface area contributed by atoms with Gasteiger partial charge in [0.05, 0.1) is 7.11 Å². The van der Waals surface area contributed by atoms with Crippen molar-refractivity contribution in [2.24, 2.45) is 0 Å². The summed E-state index contributed by atoms with van der Waals surface area (Å²) in [5, 5.41) is 1.93. The lowest BCUT2D eigenvalue weighted by atomic mass is 10.2. The Morgan fingerprint density at radius 1 is 1.07 bits per heavy atom. The van der Waals surface area contributed by atoms with Crippen molar-refractivity contribution in [3.8, 4) is 0 Å². The second kappa shape index (κ2) is 4.59. The van der Waals surface area contributed by atoms with Crippen molar-refractivity contribution in [3.05, 3.63) is 30.1 Å². The molecule has 1 aromatic carbocycles. The molecule has 0 radical (unpaired) electrons. The maximum Gasteiger partial charge on any atom is 0.123 e. The Balaban J connectivity index is 1.98. The second-order valence-electron chi connectivity index (χ2n) is 3.58. The summed E-state index contributed by atoms with van der Waals surface area (Å²) >= 11 is 0. The molecule has 0 atom stereocenters. The van der Waals surface area contributed by atoms with Crippen molar-refractivity contribution < 1.29 is 9.23 Å². The third-order valence-electron chi connectivity index (χ3n) is 2.69. The summed E-state index contributed by atoms with van der Waals surface area (Å²) in [6.45, 7) is 3.60. The van der Waals surface area contributed by atoms with Gasteiger partial charge in [-0.1, -0.05) is 0 Å². The van der Waals surface area contributed by atoms with Crippen LogP contribution < -0.4 is 4.90 Å². The number of benzene rings is 1. The van der Waals surface area contributed by atoms with Crippen molar-refractivity contribution in [3.63, 3.8) is 0 Å². The van der Waals surface area contributed by atoms with Gasteiger partial charge in [-0.05, 0) is 24.3 Å². The number of rotatable bonds is 2. The molecule has 0 N–H and O–H groups in total. The van der Waals surface area contributed by atoms with Crippen molar-refractivity contribution in [2.75, 3.05) is 38.2 Å². The van der Waals surface area contributed by atoms with E-state index in [2.05, 4.69) is 4.90 Å². The monoisotopic (exact) mass is 210 g/mol. The SMILES string of the molecule is CON1CCN(c2ccc(F)cc2)CC1. The highest BCUT2D eigenvalue weighted by Crippen LogP contribution is 2.16. The van der Waals surface area contributed by atoms with Crippen LogP contribution in [0.15, 0.2) is 24.3 Å². The van der Waals surface area contributed by atoms with Crippen LogP contribution in [0.3, 0.4) is 0 Å². The third kappa shape index (κ3) is 2.46. The molecular weight excluding hydrogens is 195 g/mol. The molecule has 2 rings (SSSR count). The van der Waals surface area contributed by atoms with Gasteiger partial charge in [0.1, 0.15) is 5.82 Å². The standard InChI is InChI=1S/C11H15FN2O/c1-15-14-8-6-13(7-9-14)11-4-2-10(12)3-5-11/h2-5H,6-9H2,1H3. The fourth-order valence-corrected chi connectivity index (χ4v) is 1.78.